The third-order valence-electron chi connectivity index (χ3n) is 4.61. The molecule has 0 spiro atoms. The van der Waals surface area contributed by atoms with Gasteiger partial charge in [0.05, 0.1) is 11.7 Å². The fourth-order valence-corrected chi connectivity index (χ4v) is 3.40. The van der Waals surface area contributed by atoms with Gasteiger partial charge < -0.3 is 5.32 Å². The Kier molecular flexibility index (Phi) is 3.87. The summed E-state index contributed by atoms with van der Waals surface area (Å²) in [5, 5.41) is 7.85. The Morgan fingerprint density at radius 1 is 1.26 bits per heavy atom. The van der Waals surface area contributed by atoms with Crippen LogP contribution in [0, 0.1) is 0 Å². The smallest absolute Gasteiger partial charge is 0.119 e. The Morgan fingerprint density at radius 2 is 2.00 bits per heavy atom. The summed E-state index contributed by atoms with van der Waals surface area (Å²) in [6.45, 7) is 1.58. The van der Waals surface area contributed by atoms with Crippen LogP contribution in [0.25, 0.3) is 0 Å². The van der Waals surface area contributed by atoms with Gasteiger partial charge in [-0.25, -0.2) is 4.39 Å². The summed E-state index contributed by atoms with van der Waals surface area (Å²) in [4.78, 5) is 0. The van der Waals surface area contributed by atoms with Crippen LogP contribution in [0.5, 0.6) is 0 Å². The molecule has 19 heavy (non-hydrogen) atoms. The third-order valence-corrected chi connectivity index (χ3v) is 4.61. The van der Waals surface area contributed by atoms with Crippen LogP contribution in [0.3, 0.4) is 0 Å². The fraction of sp³-hybridized carbons (Fsp3) is 0.800. The Balaban J connectivity index is 1.63. The molecule has 2 heterocycles. The molecule has 1 aromatic heterocycles. The molecular weight excluding hydrogens is 241 g/mol. The SMILES string of the molecule is FC1(Cc2ccn(C3CCCCC3)n2)CCNCC1. The maximum atomic E-state index is 14.6. The van der Waals surface area contributed by atoms with Crippen molar-refractivity contribution in [2.24, 2.45) is 0 Å². The van der Waals surface area contributed by atoms with Crippen LogP contribution in [0.1, 0.15) is 56.7 Å². The van der Waals surface area contributed by atoms with Gasteiger partial charge in [0.1, 0.15) is 5.67 Å². The summed E-state index contributed by atoms with van der Waals surface area (Å²) in [5.74, 6) is 0. The molecule has 1 aliphatic carbocycles. The highest BCUT2D eigenvalue weighted by atomic mass is 19.1. The van der Waals surface area contributed by atoms with Gasteiger partial charge in [-0.05, 0) is 44.8 Å². The van der Waals surface area contributed by atoms with Crippen LogP contribution in [-0.2, 0) is 6.42 Å². The van der Waals surface area contributed by atoms with E-state index >= 15 is 0 Å². The lowest BCUT2D eigenvalue weighted by molar-refractivity contribution is 0.114. The van der Waals surface area contributed by atoms with E-state index in [1.54, 1.807) is 0 Å². The number of alkyl halides is 1. The number of nitrogens with zero attached hydrogens (tertiary/aromatic N) is 2. The Hall–Kier alpha value is -0.900. The van der Waals surface area contributed by atoms with E-state index in [2.05, 4.69) is 21.3 Å². The molecule has 1 aliphatic heterocycles. The molecule has 0 unspecified atom stereocenters. The first-order valence-corrected chi connectivity index (χ1v) is 7.69. The van der Waals surface area contributed by atoms with Gasteiger partial charge in [-0.1, -0.05) is 19.3 Å². The standard InChI is InChI=1S/C15H24FN3/c16-15(7-9-17-10-8-15)12-13-6-11-19(18-13)14-4-2-1-3-5-14/h6,11,14,17H,1-5,7-10,12H2. The first-order chi connectivity index (χ1) is 9.25. The number of rotatable bonds is 3. The highest BCUT2D eigenvalue weighted by Gasteiger charge is 2.32. The van der Waals surface area contributed by atoms with Crippen LogP contribution in [0.2, 0.25) is 0 Å². The highest BCUT2D eigenvalue weighted by Crippen LogP contribution is 2.30. The zero-order valence-corrected chi connectivity index (χ0v) is 11.6. The largest absolute Gasteiger partial charge is 0.316 e. The topological polar surface area (TPSA) is 29.9 Å². The third kappa shape index (κ3) is 3.16. The molecule has 0 atom stereocenters. The van der Waals surface area contributed by atoms with Crippen LogP contribution in [0.4, 0.5) is 4.39 Å². The second-order valence-corrected chi connectivity index (χ2v) is 6.16. The predicted molar refractivity (Wildman–Crippen MR) is 74.0 cm³/mol. The molecule has 106 valence electrons. The molecule has 2 fully saturated rings. The zero-order valence-electron chi connectivity index (χ0n) is 11.6. The van der Waals surface area contributed by atoms with Crippen LogP contribution < -0.4 is 5.32 Å². The number of halogens is 1. The van der Waals surface area contributed by atoms with E-state index < -0.39 is 5.67 Å². The van der Waals surface area contributed by atoms with E-state index in [1.807, 2.05) is 6.07 Å². The fourth-order valence-electron chi connectivity index (χ4n) is 3.40. The molecular formula is C15H24FN3. The first-order valence-electron chi connectivity index (χ1n) is 7.69. The minimum atomic E-state index is -1.04. The molecule has 0 radical (unpaired) electrons. The highest BCUT2D eigenvalue weighted by molar-refractivity contribution is 5.06. The minimum absolute atomic E-state index is 0.481. The van der Waals surface area contributed by atoms with Gasteiger partial charge in [-0.2, -0.15) is 5.10 Å². The van der Waals surface area contributed by atoms with Gasteiger partial charge in [-0.15, -0.1) is 0 Å². The number of aromatic nitrogens is 2. The summed E-state index contributed by atoms with van der Waals surface area (Å²) in [6.07, 6.45) is 10.2. The average molecular weight is 265 g/mol. The maximum Gasteiger partial charge on any atom is 0.119 e. The summed E-state index contributed by atoms with van der Waals surface area (Å²) < 4.78 is 16.7. The van der Waals surface area contributed by atoms with Gasteiger partial charge in [0.25, 0.3) is 0 Å². The van der Waals surface area contributed by atoms with Crippen molar-refractivity contribution in [1.29, 1.82) is 0 Å². The number of hydrogen-bond acceptors (Lipinski definition) is 2. The van der Waals surface area contributed by atoms with Crippen LogP contribution in [-0.4, -0.2) is 28.5 Å². The quantitative estimate of drug-likeness (QED) is 0.910. The molecule has 4 heteroatoms. The zero-order chi connectivity index (χ0) is 13.1. The van der Waals surface area contributed by atoms with Gasteiger partial charge >= 0.3 is 0 Å². The lowest BCUT2D eigenvalue weighted by Gasteiger charge is -2.29. The lowest BCUT2D eigenvalue weighted by Crippen LogP contribution is -2.40. The average Bonchev–Trinajstić information content (AvgIpc) is 2.88. The summed E-state index contributed by atoms with van der Waals surface area (Å²) >= 11 is 0. The minimum Gasteiger partial charge on any atom is -0.316 e. The molecule has 1 N–H and O–H groups in total. The van der Waals surface area contributed by atoms with Gasteiger partial charge in [-0.3, -0.25) is 4.68 Å². The predicted octanol–water partition coefficient (Wildman–Crippen LogP) is 3.02. The summed E-state index contributed by atoms with van der Waals surface area (Å²) in [6, 6.07) is 2.56. The number of nitrogens with one attached hydrogen (secondary N) is 1. The van der Waals surface area contributed by atoms with E-state index in [4.69, 9.17) is 0 Å². The maximum absolute atomic E-state index is 14.6. The summed E-state index contributed by atoms with van der Waals surface area (Å²) in [7, 11) is 0. The van der Waals surface area contributed by atoms with Crippen molar-refractivity contribution in [3.8, 4) is 0 Å². The van der Waals surface area contributed by atoms with E-state index in [1.165, 1.54) is 32.1 Å². The first kappa shape index (κ1) is 13.1. The molecule has 0 amide bonds. The Morgan fingerprint density at radius 3 is 2.74 bits per heavy atom. The molecule has 3 rings (SSSR count). The Bertz CT molecular complexity index is 403. The molecule has 1 saturated carbocycles. The molecule has 0 bridgehead atoms. The molecule has 2 aliphatic rings. The summed E-state index contributed by atoms with van der Waals surface area (Å²) in [5.41, 5.74) is -0.119. The van der Waals surface area contributed by atoms with Gasteiger partial charge in [0.2, 0.25) is 0 Å². The van der Waals surface area contributed by atoms with Crippen LogP contribution in [0.15, 0.2) is 12.3 Å². The normalized spacial score (nSPS) is 24.5. The number of hydrogen-bond donors (Lipinski definition) is 1. The van der Waals surface area contributed by atoms with Crippen molar-refractivity contribution < 1.29 is 4.39 Å². The van der Waals surface area contributed by atoms with E-state index in [0.717, 1.165) is 18.8 Å². The van der Waals surface area contributed by atoms with Gasteiger partial charge in [0, 0.05) is 12.6 Å². The van der Waals surface area contributed by atoms with Crippen molar-refractivity contribution in [3.05, 3.63) is 18.0 Å². The molecule has 1 aromatic rings. The van der Waals surface area contributed by atoms with E-state index in [0.29, 0.717) is 25.3 Å². The van der Waals surface area contributed by atoms with Crippen molar-refractivity contribution >= 4 is 0 Å². The molecule has 0 aromatic carbocycles. The van der Waals surface area contributed by atoms with E-state index in [-0.39, 0.29) is 0 Å². The van der Waals surface area contributed by atoms with E-state index in [9.17, 15) is 4.39 Å². The van der Waals surface area contributed by atoms with Crippen molar-refractivity contribution in [3.63, 3.8) is 0 Å². The van der Waals surface area contributed by atoms with Crippen molar-refractivity contribution in [1.82, 2.24) is 15.1 Å². The monoisotopic (exact) mass is 265 g/mol. The van der Waals surface area contributed by atoms with Crippen LogP contribution >= 0.6 is 0 Å². The van der Waals surface area contributed by atoms with Crippen molar-refractivity contribution in [2.75, 3.05) is 13.1 Å². The molecule has 1 saturated heterocycles. The molecule has 3 nitrogen and oxygen atoms in total. The van der Waals surface area contributed by atoms with Crippen molar-refractivity contribution in [2.45, 2.75) is 63.1 Å². The second-order valence-electron chi connectivity index (χ2n) is 6.16. The lowest BCUT2D eigenvalue weighted by atomic mass is 9.90. The second kappa shape index (κ2) is 5.61. The van der Waals surface area contributed by atoms with Gasteiger partial charge in [0.15, 0.2) is 0 Å². The number of piperidine rings is 1. The Labute approximate surface area is 114 Å².